The van der Waals surface area contributed by atoms with Gasteiger partial charge in [-0.05, 0) is 18.4 Å². The Bertz CT molecular complexity index is 471. The highest BCUT2D eigenvalue weighted by Gasteiger charge is 2.25. The van der Waals surface area contributed by atoms with Crippen LogP contribution in [0.3, 0.4) is 0 Å². The summed E-state index contributed by atoms with van der Waals surface area (Å²) in [6.45, 7) is -0.401. The Morgan fingerprint density at radius 3 is 2.33 bits per heavy atom. The second kappa shape index (κ2) is 8.47. The van der Waals surface area contributed by atoms with Gasteiger partial charge in [0.2, 0.25) is 3.79 Å². The van der Waals surface area contributed by atoms with E-state index in [2.05, 4.69) is 0 Å². The van der Waals surface area contributed by atoms with Crippen LogP contribution in [-0.4, -0.2) is 27.4 Å². The van der Waals surface area contributed by atoms with Crippen molar-refractivity contribution in [3.8, 4) is 0 Å². The molecule has 0 heterocycles. The molecule has 0 spiro atoms. The summed E-state index contributed by atoms with van der Waals surface area (Å²) >= 11 is 16.4. The highest BCUT2D eigenvalue weighted by Crippen LogP contribution is 2.26. The zero-order valence-electron chi connectivity index (χ0n) is 11.1. The molecule has 1 aromatic carbocycles. The number of aliphatic carboxylic acids is 1. The molecule has 0 aliphatic carbocycles. The van der Waals surface area contributed by atoms with Crippen molar-refractivity contribution in [1.82, 2.24) is 0 Å². The Morgan fingerprint density at radius 2 is 1.81 bits per heavy atom. The molecule has 0 aliphatic rings. The lowest BCUT2D eigenvalue weighted by Crippen LogP contribution is -2.23. The van der Waals surface area contributed by atoms with Gasteiger partial charge in [0.25, 0.3) is 0 Å². The van der Waals surface area contributed by atoms with Crippen LogP contribution in [0, 0.1) is 5.92 Å². The maximum atomic E-state index is 11.6. The van der Waals surface area contributed by atoms with E-state index < -0.39 is 28.3 Å². The zero-order chi connectivity index (χ0) is 15.9. The Kier molecular flexibility index (Phi) is 7.29. The molecule has 0 bridgehead atoms. The number of rotatable bonds is 7. The van der Waals surface area contributed by atoms with Crippen molar-refractivity contribution in [1.29, 1.82) is 0 Å². The molecule has 1 unspecified atom stereocenters. The predicted molar refractivity (Wildman–Crippen MR) is 81.8 cm³/mol. The van der Waals surface area contributed by atoms with Crippen LogP contribution in [0.2, 0.25) is 0 Å². The number of carboxylic acids is 1. The van der Waals surface area contributed by atoms with Crippen molar-refractivity contribution in [2.45, 2.75) is 23.1 Å². The van der Waals surface area contributed by atoms with Crippen LogP contribution in [0.15, 0.2) is 30.3 Å². The molecule has 0 aliphatic heterocycles. The molecule has 116 valence electrons. The molecule has 4 nitrogen and oxygen atoms in total. The molecule has 0 radical (unpaired) electrons. The van der Waals surface area contributed by atoms with Gasteiger partial charge in [0.1, 0.15) is 6.61 Å². The van der Waals surface area contributed by atoms with Crippen molar-refractivity contribution in [3.63, 3.8) is 0 Å². The highest BCUT2D eigenvalue weighted by atomic mass is 35.6. The molecule has 0 aromatic heterocycles. The lowest BCUT2D eigenvalue weighted by atomic mass is 9.96. The van der Waals surface area contributed by atoms with Crippen molar-refractivity contribution < 1.29 is 19.4 Å². The monoisotopic (exact) mass is 352 g/mol. The Hall–Kier alpha value is -0.970. The lowest BCUT2D eigenvalue weighted by molar-refractivity contribution is -0.151. The Labute approximate surface area is 137 Å². The van der Waals surface area contributed by atoms with Gasteiger partial charge in [-0.25, -0.2) is 0 Å². The summed E-state index contributed by atoms with van der Waals surface area (Å²) in [4.78, 5) is 22.7. The topological polar surface area (TPSA) is 63.6 Å². The maximum absolute atomic E-state index is 11.6. The number of hydrogen-bond donors (Lipinski definition) is 1. The van der Waals surface area contributed by atoms with Gasteiger partial charge in [-0.1, -0.05) is 65.1 Å². The van der Waals surface area contributed by atoms with Crippen LogP contribution in [-0.2, 0) is 20.7 Å². The fourth-order valence-electron chi connectivity index (χ4n) is 1.72. The first-order valence-corrected chi connectivity index (χ1v) is 7.40. The van der Waals surface area contributed by atoms with Crippen LogP contribution in [0.25, 0.3) is 0 Å². The van der Waals surface area contributed by atoms with Gasteiger partial charge in [-0.15, -0.1) is 0 Å². The molecule has 7 heteroatoms. The van der Waals surface area contributed by atoms with Gasteiger partial charge in [0, 0.05) is 0 Å². The van der Waals surface area contributed by atoms with Gasteiger partial charge in [0.15, 0.2) is 0 Å². The Balaban J connectivity index is 2.46. The normalized spacial score (nSPS) is 12.7. The van der Waals surface area contributed by atoms with Crippen LogP contribution in [0.5, 0.6) is 0 Å². The molecular formula is C14H15Cl3O4. The van der Waals surface area contributed by atoms with E-state index in [4.69, 9.17) is 44.6 Å². The third-order valence-corrected chi connectivity index (χ3v) is 3.11. The molecule has 1 N–H and O–H groups in total. The number of carbonyl (C=O) groups is 2. The molecular weight excluding hydrogens is 339 g/mol. The van der Waals surface area contributed by atoms with Crippen LogP contribution < -0.4 is 0 Å². The van der Waals surface area contributed by atoms with Crippen molar-refractivity contribution >= 4 is 46.7 Å². The highest BCUT2D eigenvalue weighted by molar-refractivity contribution is 6.67. The first-order valence-electron chi connectivity index (χ1n) is 6.27. The van der Waals surface area contributed by atoms with Crippen LogP contribution >= 0.6 is 34.8 Å². The first-order chi connectivity index (χ1) is 9.78. The van der Waals surface area contributed by atoms with E-state index >= 15 is 0 Å². The molecule has 1 rings (SSSR count). The van der Waals surface area contributed by atoms with E-state index in [0.717, 1.165) is 5.56 Å². The summed E-state index contributed by atoms with van der Waals surface area (Å²) in [7, 11) is 0. The number of benzene rings is 1. The summed E-state index contributed by atoms with van der Waals surface area (Å²) in [5.74, 6) is -2.56. The van der Waals surface area contributed by atoms with E-state index in [1.165, 1.54) is 0 Å². The molecule has 21 heavy (non-hydrogen) atoms. The summed E-state index contributed by atoms with van der Waals surface area (Å²) in [6, 6.07) is 9.44. The van der Waals surface area contributed by atoms with Crippen LogP contribution in [0.1, 0.15) is 18.4 Å². The minimum atomic E-state index is -1.70. The van der Waals surface area contributed by atoms with E-state index in [1.54, 1.807) is 0 Å². The number of esters is 1. The zero-order valence-corrected chi connectivity index (χ0v) is 13.4. The van der Waals surface area contributed by atoms with Gasteiger partial charge in [-0.3, -0.25) is 9.59 Å². The molecule has 0 saturated heterocycles. The van der Waals surface area contributed by atoms with Crippen LogP contribution in [0.4, 0.5) is 0 Å². The van der Waals surface area contributed by atoms with Crippen molar-refractivity contribution in [3.05, 3.63) is 35.9 Å². The van der Waals surface area contributed by atoms with E-state index in [-0.39, 0.29) is 6.42 Å². The van der Waals surface area contributed by atoms with Gasteiger partial charge < -0.3 is 9.84 Å². The molecule has 0 saturated carbocycles. The number of alkyl halides is 3. The number of halogens is 3. The molecule has 1 atom stereocenters. The average molecular weight is 354 g/mol. The fourth-order valence-corrected chi connectivity index (χ4v) is 1.88. The molecule has 1 aromatic rings. The minimum absolute atomic E-state index is 0.247. The quantitative estimate of drug-likeness (QED) is 0.600. The predicted octanol–water partition coefficient (Wildman–Crippen LogP) is 3.62. The van der Waals surface area contributed by atoms with E-state index in [9.17, 15) is 9.59 Å². The van der Waals surface area contributed by atoms with Gasteiger partial charge in [-0.2, -0.15) is 0 Å². The molecule has 0 amide bonds. The standard InChI is InChI=1S/C14H15Cl3O4/c15-14(16,17)9-21-12(18)8-11(13(19)20)7-6-10-4-2-1-3-5-10/h1-5,11H,6-9H2,(H,19,20). The summed E-state index contributed by atoms with van der Waals surface area (Å²) in [5, 5.41) is 9.14. The molecule has 0 fully saturated rings. The van der Waals surface area contributed by atoms with Gasteiger partial charge in [0.05, 0.1) is 12.3 Å². The second-order valence-corrected chi connectivity index (χ2v) is 7.06. The second-order valence-electron chi connectivity index (χ2n) is 4.54. The Morgan fingerprint density at radius 1 is 1.19 bits per heavy atom. The average Bonchev–Trinajstić information content (AvgIpc) is 2.41. The minimum Gasteiger partial charge on any atom is -0.481 e. The third kappa shape index (κ3) is 8.15. The maximum Gasteiger partial charge on any atom is 0.307 e. The number of aryl methyl sites for hydroxylation is 1. The smallest absolute Gasteiger partial charge is 0.307 e. The lowest BCUT2D eigenvalue weighted by Gasteiger charge is -2.14. The van der Waals surface area contributed by atoms with Crippen molar-refractivity contribution in [2.75, 3.05) is 6.61 Å². The summed E-state index contributed by atoms with van der Waals surface area (Å²) in [6.07, 6.45) is 0.653. The number of hydrogen-bond acceptors (Lipinski definition) is 3. The first kappa shape index (κ1) is 18.1. The third-order valence-electron chi connectivity index (χ3n) is 2.78. The fraction of sp³-hybridized carbons (Fsp3) is 0.429. The van der Waals surface area contributed by atoms with E-state index in [1.807, 2.05) is 30.3 Å². The van der Waals surface area contributed by atoms with E-state index in [0.29, 0.717) is 12.8 Å². The summed E-state index contributed by atoms with van der Waals surface area (Å²) < 4.78 is 3.05. The van der Waals surface area contributed by atoms with Crippen molar-refractivity contribution in [2.24, 2.45) is 5.92 Å². The number of carboxylic acid groups (broad SMARTS) is 1. The largest absolute Gasteiger partial charge is 0.481 e. The SMILES string of the molecule is O=C(CC(CCc1ccccc1)C(=O)O)OCC(Cl)(Cl)Cl. The number of ether oxygens (including phenoxy) is 1. The number of carbonyl (C=O) groups excluding carboxylic acids is 1. The van der Waals surface area contributed by atoms with Gasteiger partial charge >= 0.3 is 11.9 Å². The summed E-state index contributed by atoms with van der Waals surface area (Å²) in [5.41, 5.74) is 1.01.